The van der Waals surface area contributed by atoms with Gasteiger partial charge in [0, 0.05) is 11.0 Å². The molecule has 0 amide bonds. The second-order valence-corrected chi connectivity index (χ2v) is 6.64. The number of sulfonamides is 1. The molecule has 0 aliphatic heterocycles. The molecule has 8 heteroatoms. The summed E-state index contributed by atoms with van der Waals surface area (Å²) < 4.78 is 39.6. The van der Waals surface area contributed by atoms with Gasteiger partial charge in [0.15, 0.2) is 0 Å². The third kappa shape index (κ3) is 4.41. The maximum absolute atomic E-state index is 13.1. The number of anilines is 1. The number of halogens is 2. The molecule has 0 fully saturated rings. The van der Waals surface area contributed by atoms with Gasteiger partial charge in [-0.05, 0) is 40.9 Å². The highest BCUT2D eigenvalue weighted by molar-refractivity contribution is 9.10. The van der Waals surface area contributed by atoms with Crippen LogP contribution >= 0.6 is 15.9 Å². The predicted octanol–water partition coefficient (Wildman–Crippen LogP) is 1.61. The standard InChI is InChI=1S/C11H16BrFN2O3S/c1-2-7(16)3-4-15-19(17,18)11-6-10(14)9(13)5-8(11)12/h5-7,15-16H,2-4,14H2,1H3. The Morgan fingerprint density at radius 1 is 1.53 bits per heavy atom. The van der Waals surface area contributed by atoms with Crippen LogP contribution in [0.1, 0.15) is 19.8 Å². The van der Waals surface area contributed by atoms with Gasteiger partial charge in [-0.1, -0.05) is 6.92 Å². The zero-order valence-electron chi connectivity index (χ0n) is 10.4. The number of nitrogen functional groups attached to an aromatic ring is 1. The first kappa shape index (κ1) is 16.4. The first-order chi connectivity index (χ1) is 8.77. The molecular formula is C11H16BrFN2O3S. The van der Waals surface area contributed by atoms with Crippen molar-refractivity contribution in [1.29, 1.82) is 0 Å². The zero-order chi connectivity index (χ0) is 14.6. The van der Waals surface area contributed by atoms with Gasteiger partial charge in [0.25, 0.3) is 0 Å². The lowest BCUT2D eigenvalue weighted by atomic mass is 10.2. The first-order valence-electron chi connectivity index (χ1n) is 5.70. The molecule has 1 rings (SSSR count). The molecule has 0 radical (unpaired) electrons. The molecule has 0 aromatic heterocycles. The third-order valence-electron chi connectivity index (χ3n) is 2.58. The van der Waals surface area contributed by atoms with E-state index >= 15 is 0 Å². The molecule has 4 N–H and O–H groups in total. The minimum absolute atomic E-state index is 0.0983. The summed E-state index contributed by atoms with van der Waals surface area (Å²) in [5.41, 5.74) is 5.12. The smallest absolute Gasteiger partial charge is 0.241 e. The molecule has 0 saturated carbocycles. The zero-order valence-corrected chi connectivity index (χ0v) is 12.8. The Kier molecular flexibility index (Phi) is 5.72. The van der Waals surface area contributed by atoms with E-state index in [0.29, 0.717) is 12.8 Å². The van der Waals surface area contributed by atoms with Crippen molar-refractivity contribution in [2.75, 3.05) is 12.3 Å². The van der Waals surface area contributed by atoms with E-state index in [2.05, 4.69) is 20.7 Å². The third-order valence-corrected chi connectivity index (χ3v) is 5.00. The average molecular weight is 355 g/mol. The van der Waals surface area contributed by atoms with Crippen molar-refractivity contribution >= 4 is 31.6 Å². The van der Waals surface area contributed by atoms with Crippen LogP contribution < -0.4 is 10.5 Å². The van der Waals surface area contributed by atoms with E-state index in [4.69, 9.17) is 5.73 Å². The number of aliphatic hydroxyl groups excluding tert-OH is 1. The number of nitrogens with two attached hydrogens (primary N) is 1. The molecule has 5 nitrogen and oxygen atoms in total. The Bertz CT molecular complexity index is 551. The molecule has 0 aliphatic carbocycles. The van der Waals surface area contributed by atoms with Crippen molar-refractivity contribution in [3.63, 3.8) is 0 Å². The van der Waals surface area contributed by atoms with Gasteiger partial charge in [-0.2, -0.15) is 0 Å². The van der Waals surface area contributed by atoms with E-state index in [-0.39, 0.29) is 21.6 Å². The second-order valence-electron chi connectivity index (χ2n) is 4.05. The summed E-state index contributed by atoms with van der Waals surface area (Å²) in [4.78, 5) is -0.127. The molecular weight excluding hydrogens is 339 g/mol. The normalized spacial score (nSPS) is 13.5. The predicted molar refractivity (Wildman–Crippen MR) is 74.6 cm³/mol. The van der Waals surface area contributed by atoms with Crippen LogP contribution in [-0.4, -0.2) is 26.2 Å². The lowest BCUT2D eigenvalue weighted by Crippen LogP contribution is -2.27. The lowest BCUT2D eigenvalue weighted by Gasteiger charge is -2.11. The fourth-order valence-corrected chi connectivity index (χ4v) is 3.49. The van der Waals surface area contributed by atoms with Crippen molar-refractivity contribution in [1.82, 2.24) is 4.72 Å². The van der Waals surface area contributed by atoms with E-state index in [1.807, 2.05) is 0 Å². The Hall–Kier alpha value is -0.700. The lowest BCUT2D eigenvalue weighted by molar-refractivity contribution is 0.162. The Morgan fingerprint density at radius 3 is 2.74 bits per heavy atom. The van der Waals surface area contributed by atoms with Gasteiger partial charge < -0.3 is 10.8 Å². The highest BCUT2D eigenvalue weighted by atomic mass is 79.9. The molecule has 0 bridgehead atoms. The second kappa shape index (κ2) is 6.65. The van der Waals surface area contributed by atoms with E-state index < -0.39 is 21.9 Å². The monoisotopic (exact) mass is 354 g/mol. The molecule has 0 aliphatic rings. The van der Waals surface area contributed by atoms with E-state index in [9.17, 15) is 17.9 Å². The molecule has 0 heterocycles. The topological polar surface area (TPSA) is 92.4 Å². The number of nitrogens with one attached hydrogen (secondary N) is 1. The highest BCUT2D eigenvalue weighted by Gasteiger charge is 2.19. The van der Waals surface area contributed by atoms with E-state index in [1.54, 1.807) is 6.92 Å². The molecule has 1 aromatic rings. The van der Waals surface area contributed by atoms with Gasteiger partial charge in [0.1, 0.15) is 5.82 Å². The molecule has 108 valence electrons. The summed E-state index contributed by atoms with van der Waals surface area (Å²) in [5, 5.41) is 9.35. The summed E-state index contributed by atoms with van der Waals surface area (Å²) in [6, 6.07) is 2.06. The van der Waals surface area contributed by atoms with Crippen LogP contribution in [0.25, 0.3) is 0 Å². The molecule has 0 saturated heterocycles. The van der Waals surface area contributed by atoms with Crippen molar-refractivity contribution < 1.29 is 17.9 Å². The number of rotatable bonds is 6. The van der Waals surface area contributed by atoms with Gasteiger partial charge in [-0.3, -0.25) is 0 Å². The van der Waals surface area contributed by atoms with Crippen molar-refractivity contribution in [3.8, 4) is 0 Å². The fraction of sp³-hybridized carbons (Fsp3) is 0.455. The van der Waals surface area contributed by atoms with Crippen molar-refractivity contribution in [3.05, 3.63) is 22.4 Å². The van der Waals surface area contributed by atoms with Crippen LogP contribution in [-0.2, 0) is 10.0 Å². The Balaban J connectivity index is 2.86. The Labute approximate surface area is 120 Å². The summed E-state index contributed by atoms with van der Waals surface area (Å²) in [6.07, 6.45) is 0.309. The van der Waals surface area contributed by atoms with Gasteiger partial charge in [-0.25, -0.2) is 17.5 Å². The summed E-state index contributed by atoms with van der Waals surface area (Å²) in [7, 11) is -3.79. The largest absolute Gasteiger partial charge is 0.396 e. The van der Waals surface area contributed by atoms with Gasteiger partial charge in [0.05, 0.1) is 16.7 Å². The first-order valence-corrected chi connectivity index (χ1v) is 7.97. The molecule has 1 unspecified atom stereocenters. The van der Waals surface area contributed by atoms with Gasteiger partial charge >= 0.3 is 0 Å². The summed E-state index contributed by atoms with van der Waals surface area (Å²) in [5.74, 6) is -0.688. The molecule has 0 spiro atoms. The Morgan fingerprint density at radius 2 is 2.16 bits per heavy atom. The van der Waals surface area contributed by atoms with Crippen LogP contribution in [0.2, 0.25) is 0 Å². The highest BCUT2D eigenvalue weighted by Crippen LogP contribution is 2.26. The van der Waals surface area contributed by atoms with Gasteiger partial charge in [0.2, 0.25) is 10.0 Å². The van der Waals surface area contributed by atoms with Crippen LogP contribution in [0.3, 0.4) is 0 Å². The van der Waals surface area contributed by atoms with Crippen LogP contribution in [0, 0.1) is 5.82 Å². The van der Waals surface area contributed by atoms with Crippen molar-refractivity contribution in [2.24, 2.45) is 0 Å². The number of benzene rings is 1. The summed E-state index contributed by atoms with van der Waals surface area (Å²) >= 11 is 2.99. The van der Waals surface area contributed by atoms with Crippen molar-refractivity contribution in [2.45, 2.75) is 30.8 Å². The van der Waals surface area contributed by atoms with Crippen LogP contribution in [0.15, 0.2) is 21.5 Å². The number of aliphatic hydroxyl groups is 1. The SMILES string of the molecule is CCC(O)CCNS(=O)(=O)c1cc(N)c(F)cc1Br. The maximum atomic E-state index is 13.1. The molecule has 1 aromatic carbocycles. The fourth-order valence-electron chi connectivity index (χ4n) is 1.39. The average Bonchev–Trinajstić information content (AvgIpc) is 2.33. The summed E-state index contributed by atoms with van der Waals surface area (Å²) in [6.45, 7) is 1.90. The molecule has 19 heavy (non-hydrogen) atoms. The number of hydrogen-bond acceptors (Lipinski definition) is 4. The number of hydrogen-bond donors (Lipinski definition) is 3. The quantitative estimate of drug-likeness (QED) is 0.676. The van der Waals surface area contributed by atoms with Crippen LogP contribution in [0.4, 0.5) is 10.1 Å². The maximum Gasteiger partial charge on any atom is 0.241 e. The minimum atomic E-state index is -3.79. The van der Waals surface area contributed by atoms with Crippen LogP contribution in [0.5, 0.6) is 0 Å². The minimum Gasteiger partial charge on any atom is -0.396 e. The van der Waals surface area contributed by atoms with E-state index in [1.165, 1.54) is 0 Å². The van der Waals surface area contributed by atoms with E-state index in [0.717, 1.165) is 12.1 Å². The molecule has 1 atom stereocenters. The van der Waals surface area contributed by atoms with Gasteiger partial charge in [-0.15, -0.1) is 0 Å².